The first-order valence-corrected chi connectivity index (χ1v) is 21.5. The topological polar surface area (TPSA) is 527 Å². The van der Waals surface area contributed by atoms with Crippen molar-refractivity contribution in [3.63, 3.8) is 0 Å². The number of hydrogen-bond acceptors (Lipinski definition) is 30. The number of hydrogen-bond donors (Lipinski definition) is 17. The first-order chi connectivity index (χ1) is 36.7. The van der Waals surface area contributed by atoms with Crippen LogP contribution in [0.15, 0.2) is 42.7 Å². The lowest BCUT2D eigenvalue weighted by Gasteiger charge is -2.34. The zero-order valence-electron chi connectivity index (χ0n) is 37.8. The van der Waals surface area contributed by atoms with Gasteiger partial charge >= 0.3 is 35.1 Å². The molecule has 10 rings (SSSR count). The molecule has 6 bridgehead atoms. The molecule has 400 valence electrons. The molecular formula is C48H28O30. The van der Waals surface area contributed by atoms with Gasteiger partial charge in [0, 0.05) is 44.2 Å². The maximum Gasteiger partial charge on any atom is 0.345 e. The molecule has 2 aliphatic heterocycles. The van der Waals surface area contributed by atoms with E-state index in [0.29, 0.717) is 18.2 Å². The molecule has 0 aliphatic carbocycles. The third-order valence-electron chi connectivity index (χ3n) is 12.8. The van der Waals surface area contributed by atoms with Gasteiger partial charge in [-0.15, -0.1) is 0 Å². The Morgan fingerprint density at radius 2 is 0.731 bits per heavy atom. The minimum absolute atomic E-state index is 0.215. The molecule has 0 amide bonds. The molecule has 4 unspecified atom stereocenters. The van der Waals surface area contributed by atoms with Crippen LogP contribution in [0.1, 0.15) is 41.4 Å². The average molecular weight is 1080 g/mol. The number of phenols is 16. The highest BCUT2D eigenvalue weighted by Gasteiger charge is 2.47. The fraction of sp³-hybridized carbons (Fsp3) is 0.104. The number of carbonyl (C=O) groups is 5. The predicted molar refractivity (Wildman–Crippen MR) is 247 cm³/mol. The van der Waals surface area contributed by atoms with Crippen molar-refractivity contribution in [2.24, 2.45) is 0 Å². The van der Waals surface area contributed by atoms with Crippen LogP contribution in [0.3, 0.4) is 0 Å². The van der Waals surface area contributed by atoms with E-state index in [2.05, 4.69) is 0 Å². The largest absolute Gasteiger partial charge is 0.504 e. The van der Waals surface area contributed by atoms with Crippen molar-refractivity contribution in [2.75, 3.05) is 6.61 Å². The minimum atomic E-state index is -3.00. The highest BCUT2D eigenvalue weighted by Crippen LogP contribution is 2.58. The van der Waals surface area contributed by atoms with E-state index in [0.717, 1.165) is 0 Å². The molecule has 0 spiro atoms. The van der Waals surface area contributed by atoms with E-state index in [1.807, 2.05) is 0 Å². The summed E-state index contributed by atoms with van der Waals surface area (Å²) in [7, 11) is 0. The molecule has 78 heavy (non-hydrogen) atoms. The molecular weight excluding hydrogens is 1060 g/mol. The third-order valence-corrected chi connectivity index (χ3v) is 12.8. The van der Waals surface area contributed by atoms with Gasteiger partial charge in [0.25, 0.3) is 0 Å². The fourth-order valence-corrected chi connectivity index (χ4v) is 9.25. The van der Waals surface area contributed by atoms with E-state index in [1.54, 1.807) is 0 Å². The van der Waals surface area contributed by atoms with Crippen LogP contribution in [-0.2, 0) is 23.7 Å². The van der Waals surface area contributed by atoms with Crippen molar-refractivity contribution in [1.29, 1.82) is 0 Å². The number of carbonyl (C=O) groups excluding carboxylic acids is 5. The molecule has 0 fully saturated rings. The van der Waals surface area contributed by atoms with Crippen molar-refractivity contribution in [2.45, 2.75) is 24.4 Å². The van der Waals surface area contributed by atoms with Gasteiger partial charge in [-0.3, -0.25) is 4.79 Å². The zero-order valence-corrected chi connectivity index (χ0v) is 37.8. The minimum Gasteiger partial charge on any atom is -0.504 e. The van der Waals surface area contributed by atoms with Crippen molar-refractivity contribution in [3.05, 3.63) is 67.4 Å². The van der Waals surface area contributed by atoms with E-state index in [1.165, 1.54) is 0 Å². The number of benzene rings is 6. The molecule has 0 radical (unpaired) electrons. The molecule has 0 saturated carbocycles. The lowest BCUT2D eigenvalue weighted by molar-refractivity contribution is -0.142. The zero-order chi connectivity index (χ0) is 56.7. The van der Waals surface area contributed by atoms with Gasteiger partial charge in [-0.25, -0.2) is 28.8 Å². The van der Waals surface area contributed by atoms with Crippen LogP contribution in [0.25, 0.3) is 66.1 Å². The number of rotatable bonds is 2. The Bertz CT molecular complexity index is 4220. The molecule has 6 aromatic carbocycles. The second-order valence-corrected chi connectivity index (χ2v) is 17.1. The van der Waals surface area contributed by atoms with Crippen molar-refractivity contribution >= 4 is 62.9 Å². The lowest BCUT2D eigenvalue weighted by atomic mass is 9.88. The summed E-state index contributed by atoms with van der Waals surface area (Å²) in [6.07, 6.45) is -12.1. The van der Waals surface area contributed by atoms with E-state index in [9.17, 15) is 120 Å². The molecule has 4 atom stereocenters. The normalized spacial score (nSPS) is 17.7. The Balaban J connectivity index is 1.30. The SMILES string of the molecule is O=CC1OC(=O)c2cc(O)c(O)c(O)c2-c2cc(O)c(O)c(O)c2C(=O)OC1C1OC(=O)c2cc(O)c(O)c(O)c2-c2c(O)c(O)c3oc(=O)c4c(c(O)c(O)c5oc(=O)c2c3c54)-c2c(cc(O)c(O)c2O)C(=O)OCC1O. The number of fused-ring (bicyclic) bond motifs is 7. The molecule has 0 saturated heterocycles. The Hall–Kier alpha value is -11.4. The monoisotopic (exact) mass is 1080 g/mol. The second-order valence-electron chi connectivity index (χ2n) is 17.1. The van der Waals surface area contributed by atoms with E-state index in [-0.39, 0.29) is 6.07 Å². The van der Waals surface area contributed by atoms with Gasteiger partial charge in [-0.2, -0.15) is 0 Å². The Kier molecular flexibility index (Phi) is 11.0. The first kappa shape index (κ1) is 50.1. The molecule has 2 aliphatic rings. The van der Waals surface area contributed by atoms with Crippen LogP contribution in [-0.4, -0.2) is 148 Å². The molecule has 4 heterocycles. The highest BCUT2D eigenvalue weighted by atomic mass is 16.6. The van der Waals surface area contributed by atoms with Gasteiger partial charge in [0.2, 0.25) is 34.5 Å². The lowest BCUT2D eigenvalue weighted by Crippen LogP contribution is -2.53. The van der Waals surface area contributed by atoms with Crippen LogP contribution in [0.2, 0.25) is 0 Å². The number of aromatic hydroxyl groups is 16. The molecule has 8 aromatic rings. The van der Waals surface area contributed by atoms with E-state index >= 15 is 0 Å². The Morgan fingerprint density at radius 1 is 0.372 bits per heavy atom. The second kappa shape index (κ2) is 17.1. The quantitative estimate of drug-likeness (QED) is 0.0293. The number of ether oxygens (including phenoxy) is 4. The summed E-state index contributed by atoms with van der Waals surface area (Å²) < 4.78 is 32.0. The predicted octanol–water partition coefficient (Wildman–Crippen LogP) is 1.80. The maximum atomic E-state index is 14.9. The first-order valence-electron chi connectivity index (χ1n) is 21.5. The van der Waals surface area contributed by atoms with E-state index < -0.39 is 253 Å². The van der Waals surface area contributed by atoms with Crippen molar-refractivity contribution < 1.29 is 139 Å². The van der Waals surface area contributed by atoms with Gasteiger partial charge in [0.1, 0.15) is 18.3 Å². The summed E-state index contributed by atoms with van der Waals surface area (Å²) in [6, 6.07) is 1.27. The molecule has 30 nitrogen and oxygen atoms in total. The number of esters is 4. The van der Waals surface area contributed by atoms with Gasteiger partial charge in [-0.1, -0.05) is 0 Å². The van der Waals surface area contributed by atoms with Gasteiger partial charge in [-0.05, 0) is 24.3 Å². The number of cyclic esters (lactones) is 4. The maximum absolute atomic E-state index is 14.9. The van der Waals surface area contributed by atoms with Crippen molar-refractivity contribution in [1.82, 2.24) is 0 Å². The highest BCUT2D eigenvalue weighted by molar-refractivity contribution is 6.29. The van der Waals surface area contributed by atoms with Crippen molar-refractivity contribution in [3.8, 4) is 125 Å². The van der Waals surface area contributed by atoms with E-state index in [4.69, 9.17) is 27.8 Å². The Morgan fingerprint density at radius 3 is 1.18 bits per heavy atom. The van der Waals surface area contributed by atoms with Crippen LogP contribution in [0.4, 0.5) is 0 Å². The van der Waals surface area contributed by atoms with Crippen LogP contribution >= 0.6 is 0 Å². The number of aliphatic hydroxyl groups excluding tert-OH is 1. The summed E-state index contributed by atoms with van der Waals surface area (Å²) in [5.74, 6) is -32.4. The van der Waals surface area contributed by atoms with Crippen LogP contribution in [0.5, 0.6) is 92.0 Å². The summed E-state index contributed by atoms with van der Waals surface area (Å²) in [4.78, 5) is 99.2. The summed E-state index contributed by atoms with van der Waals surface area (Å²) in [5, 5.41) is 184. The summed E-state index contributed by atoms with van der Waals surface area (Å²) in [6.45, 7) is -1.70. The molecule has 30 heteroatoms. The number of aldehydes is 1. The smallest absolute Gasteiger partial charge is 0.345 e. The standard InChI is InChI=1S/C48H28O30/c49-5-16-40(76-46(70)20-7(1-11(50)30(58)34(20)62)17-8(44(68)74-16)2-12(51)27(55)31(17)59)39-15(54)6-73-43(67)9-3-13(52)28(56)32(60)18(9)21-25-23-24-26(48(72)78-41(23)37(65)35(21)63)22(36(64)38(66)42(24)77-47(25)71)19-10(45(69)75-39)4-14(53)29(57)33(19)61/h1-5,15-16,39-40,50-66H,6H2. The van der Waals surface area contributed by atoms with Crippen LogP contribution in [0, 0.1) is 0 Å². The summed E-state index contributed by atoms with van der Waals surface area (Å²) in [5.41, 5.74) is -18.5. The molecule has 2 aromatic heterocycles. The average Bonchev–Trinajstić information content (AvgIpc) is 3.53. The third kappa shape index (κ3) is 6.82. The summed E-state index contributed by atoms with van der Waals surface area (Å²) >= 11 is 0. The van der Waals surface area contributed by atoms with Gasteiger partial charge in [0.15, 0.2) is 93.3 Å². The van der Waals surface area contributed by atoms with Gasteiger partial charge < -0.3 is 115 Å². The fourth-order valence-electron chi connectivity index (χ4n) is 9.25. The Labute approximate surface area is 424 Å². The van der Waals surface area contributed by atoms with Gasteiger partial charge in [0.05, 0.1) is 27.5 Å². The number of phenolic OH excluding ortho intramolecular Hbond substituents is 16. The molecule has 17 N–H and O–H groups in total. The number of aliphatic hydroxyl groups is 1. The van der Waals surface area contributed by atoms with Crippen LogP contribution < -0.4 is 11.3 Å².